The minimum Gasteiger partial charge on any atom is -0.507 e. The third-order valence-electron chi connectivity index (χ3n) is 2.88. The van der Waals surface area contributed by atoms with Gasteiger partial charge in [-0.25, -0.2) is 0 Å². The number of carbonyl (C=O) groups is 1. The summed E-state index contributed by atoms with van der Waals surface area (Å²) < 4.78 is 1.75. The Bertz CT molecular complexity index is 564. The molecule has 1 aromatic carbocycles. The van der Waals surface area contributed by atoms with Gasteiger partial charge in [0.1, 0.15) is 5.75 Å². The number of benzene rings is 1. The summed E-state index contributed by atoms with van der Waals surface area (Å²) in [7, 11) is 0. The van der Waals surface area contributed by atoms with Crippen LogP contribution in [0.15, 0.2) is 36.7 Å². The van der Waals surface area contributed by atoms with E-state index >= 15 is 0 Å². The molecule has 19 heavy (non-hydrogen) atoms. The van der Waals surface area contributed by atoms with Crippen molar-refractivity contribution in [2.24, 2.45) is 0 Å². The van der Waals surface area contributed by atoms with Crippen molar-refractivity contribution in [2.75, 3.05) is 0 Å². The first-order chi connectivity index (χ1) is 9.08. The molecule has 0 saturated heterocycles. The molecule has 0 bridgehead atoms. The van der Waals surface area contributed by atoms with E-state index in [0.29, 0.717) is 17.7 Å². The normalized spacial score (nSPS) is 12.1. The van der Waals surface area contributed by atoms with Crippen LogP contribution in [0.2, 0.25) is 0 Å². The largest absolute Gasteiger partial charge is 0.507 e. The fourth-order valence-corrected chi connectivity index (χ4v) is 1.88. The number of rotatable bonds is 4. The molecule has 5 nitrogen and oxygen atoms in total. The molecular weight excluding hydrogens is 242 g/mol. The number of phenolic OH excluding ortho intramolecular Hbond substituents is 1. The fourth-order valence-electron chi connectivity index (χ4n) is 1.88. The van der Waals surface area contributed by atoms with Crippen molar-refractivity contribution in [1.29, 1.82) is 0 Å². The van der Waals surface area contributed by atoms with Gasteiger partial charge in [0, 0.05) is 18.4 Å². The monoisotopic (exact) mass is 259 g/mol. The number of carbonyl (C=O) groups excluding carboxylic acids is 1. The highest BCUT2D eigenvalue weighted by molar-refractivity contribution is 5.97. The van der Waals surface area contributed by atoms with E-state index in [2.05, 4.69) is 10.4 Å². The van der Waals surface area contributed by atoms with Crippen LogP contribution in [0.3, 0.4) is 0 Å². The van der Waals surface area contributed by atoms with Crippen molar-refractivity contribution in [2.45, 2.75) is 26.4 Å². The van der Waals surface area contributed by atoms with Crippen LogP contribution in [0.1, 0.15) is 22.8 Å². The Morgan fingerprint density at radius 1 is 1.47 bits per heavy atom. The van der Waals surface area contributed by atoms with E-state index in [-0.39, 0.29) is 17.7 Å². The first-order valence-electron chi connectivity index (χ1n) is 6.15. The molecule has 2 rings (SSSR count). The van der Waals surface area contributed by atoms with Crippen LogP contribution >= 0.6 is 0 Å². The van der Waals surface area contributed by atoms with Crippen molar-refractivity contribution in [1.82, 2.24) is 15.1 Å². The van der Waals surface area contributed by atoms with Gasteiger partial charge in [-0.15, -0.1) is 0 Å². The zero-order valence-electron chi connectivity index (χ0n) is 11.0. The molecule has 1 aromatic heterocycles. The molecule has 1 heterocycles. The Kier molecular flexibility index (Phi) is 3.85. The molecule has 0 aliphatic rings. The van der Waals surface area contributed by atoms with Gasteiger partial charge >= 0.3 is 0 Å². The molecule has 0 spiro atoms. The lowest BCUT2D eigenvalue weighted by Crippen LogP contribution is -2.35. The maximum atomic E-state index is 12.1. The highest BCUT2D eigenvalue weighted by Gasteiger charge is 2.14. The SMILES string of the molecule is Cc1cccc(C(=O)NC(C)Cn2cccn2)c1O. The summed E-state index contributed by atoms with van der Waals surface area (Å²) >= 11 is 0. The van der Waals surface area contributed by atoms with Crippen LogP contribution < -0.4 is 5.32 Å². The minimum atomic E-state index is -0.277. The molecule has 2 N–H and O–H groups in total. The number of nitrogens with zero attached hydrogens (tertiary/aromatic N) is 2. The quantitative estimate of drug-likeness (QED) is 0.878. The second kappa shape index (κ2) is 5.56. The molecule has 100 valence electrons. The zero-order chi connectivity index (χ0) is 13.8. The van der Waals surface area contributed by atoms with E-state index in [1.54, 1.807) is 36.0 Å². The molecule has 1 atom stereocenters. The highest BCUT2D eigenvalue weighted by Crippen LogP contribution is 2.21. The number of aromatic hydroxyl groups is 1. The second-order valence-electron chi connectivity index (χ2n) is 4.57. The van der Waals surface area contributed by atoms with Gasteiger partial charge in [-0.05, 0) is 31.5 Å². The number of para-hydroxylation sites is 1. The molecular formula is C14H17N3O2. The van der Waals surface area contributed by atoms with Gasteiger partial charge in [-0.2, -0.15) is 5.10 Å². The van der Waals surface area contributed by atoms with Gasteiger partial charge in [0.15, 0.2) is 0 Å². The molecule has 0 saturated carbocycles. The fraction of sp³-hybridized carbons (Fsp3) is 0.286. The van der Waals surface area contributed by atoms with Gasteiger partial charge in [-0.3, -0.25) is 9.48 Å². The number of amides is 1. The Hall–Kier alpha value is -2.30. The van der Waals surface area contributed by atoms with E-state index in [9.17, 15) is 9.90 Å². The average molecular weight is 259 g/mol. The third kappa shape index (κ3) is 3.13. The van der Waals surface area contributed by atoms with Gasteiger partial charge in [-0.1, -0.05) is 12.1 Å². The van der Waals surface area contributed by atoms with E-state index in [0.717, 1.165) is 0 Å². The van der Waals surface area contributed by atoms with Gasteiger partial charge < -0.3 is 10.4 Å². The number of aromatic nitrogens is 2. The van der Waals surface area contributed by atoms with E-state index in [1.165, 1.54) is 0 Å². The summed E-state index contributed by atoms with van der Waals surface area (Å²) in [5, 5.41) is 16.8. The topological polar surface area (TPSA) is 67.2 Å². The average Bonchev–Trinajstić information content (AvgIpc) is 2.85. The second-order valence-corrected chi connectivity index (χ2v) is 4.57. The first-order valence-corrected chi connectivity index (χ1v) is 6.15. The Morgan fingerprint density at radius 3 is 2.95 bits per heavy atom. The molecule has 0 aliphatic heterocycles. The van der Waals surface area contributed by atoms with Gasteiger partial charge in [0.2, 0.25) is 0 Å². The van der Waals surface area contributed by atoms with E-state index in [1.807, 2.05) is 19.2 Å². The maximum Gasteiger partial charge on any atom is 0.255 e. The number of hydrogen-bond acceptors (Lipinski definition) is 3. The summed E-state index contributed by atoms with van der Waals surface area (Å²) in [5.74, 6) is -0.243. The number of aryl methyl sites for hydroxylation is 1. The molecule has 0 fully saturated rings. The summed E-state index contributed by atoms with van der Waals surface area (Å²) in [6, 6.07) is 6.88. The van der Waals surface area contributed by atoms with Crippen LogP contribution in [0, 0.1) is 6.92 Å². The molecule has 0 aliphatic carbocycles. The lowest BCUT2D eigenvalue weighted by Gasteiger charge is -2.15. The van der Waals surface area contributed by atoms with Crippen LogP contribution in [0.5, 0.6) is 5.75 Å². The van der Waals surface area contributed by atoms with E-state index < -0.39 is 0 Å². The predicted octanol–water partition coefficient (Wildman–Crippen LogP) is 1.72. The smallest absolute Gasteiger partial charge is 0.255 e. The molecule has 2 aromatic rings. The summed E-state index contributed by atoms with van der Waals surface area (Å²) in [6.45, 7) is 4.25. The molecule has 1 amide bonds. The Balaban J connectivity index is 2.02. The van der Waals surface area contributed by atoms with Gasteiger partial charge in [0.25, 0.3) is 5.91 Å². The van der Waals surface area contributed by atoms with Crippen molar-refractivity contribution in [3.8, 4) is 5.75 Å². The summed E-state index contributed by atoms with van der Waals surface area (Å²) in [6.07, 6.45) is 3.54. The molecule has 0 radical (unpaired) electrons. The van der Waals surface area contributed by atoms with Gasteiger partial charge in [0.05, 0.1) is 12.1 Å². The standard InChI is InChI=1S/C14H17N3O2/c1-10-5-3-6-12(13(10)18)14(19)16-11(2)9-17-8-4-7-15-17/h3-8,11,18H,9H2,1-2H3,(H,16,19). The third-order valence-corrected chi connectivity index (χ3v) is 2.88. The van der Waals surface area contributed by atoms with Crippen molar-refractivity contribution in [3.63, 3.8) is 0 Å². The highest BCUT2D eigenvalue weighted by atomic mass is 16.3. The Morgan fingerprint density at radius 2 is 2.26 bits per heavy atom. The minimum absolute atomic E-state index is 0.0336. The number of hydrogen-bond donors (Lipinski definition) is 2. The van der Waals surface area contributed by atoms with Crippen molar-refractivity contribution in [3.05, 3.63) is 47.8 Å². The van der Waals surface area contributed by atoms with Crippen LogP contribution in [-0.4, -0.2) is 26.8 Å². The van der Waals surface area contributed by atoms with Crippen molar-refractivity contribution >= 4 is 5.91 Å². The number of nitrogens with one attached hydrogen (secondary N) is 1. The zero-order valence-corrected chi connectivity index (χ0v) is 11.0. The summed E-state index contributed by atoms with van der Waals surface area (Å²) in [4.78, 5) is 12.1. The van der Waals surface area contributed by atoms with Crippen LogP contribution in [0.25, 0.3) is 0 Å². The molecule has 1 unspecified atom stereocenters. The predicted molar refractivity (Wildman–Crippen MR) is 72.0 cm³/mol. The Labute approximate surface area is 111 Å². The molecule has 5 heteroatoms. The van der Waals surface area contributed by atoms with Crippen molar-refractivity contribution < 1.29 is 9.90 Å². The summed E-state index contributed by atoms with van der Waals surface area (Å²) in [5.41, 5.74) is 0.986. The number of phenols is 1. The lowest BCUT2D eigenvalue weighted by molar-refractivity contribution is 0.0933. The lowest BCUT2D eigenvalue weighted by atomic mass is 10.1. The van der Waals surface area contributed by atoms with Crippen LogP contribution in [-0.2, 0) is 6.54 Å². The maximum absolute atomic E-state index is 12.1. The van der Waals surface area contributed by atoms with Crippen LogP contribution in [0.4, 0.5) is 0 Å². The van der Waals surface area contributed by atoms with E-state index in [4.69, 9.17) is 0 Å². The first kappa shape index (κ1) is 13.1.